The molecule has 1 aromatic rings. The zero-order chi connectivity index (χ0) is 11.4. The van der Waals surface area contributed by atoms with Crippen molar-refractivity contribution in [3.05, 3.63) is 34.9 Å². The maximum atomic E-state index is 6.01. The van der Waals surface area contributed by atoms with E-state index in [0.29, 0.717) is 0 Å². The maximum Gasteiger partial charge on any atom is 0.0955 e. The molecule has 0 atom stereocenters. The van der Waals surface area contributed by atoms with Gasteiger partial charge in [-0.2, -0.15) is 0 Å². The molecule has 3 heteroatoms. The molecule has 0 spiro atoms. The summed E-state index contributed by atoms with van der Waals surface area (Å²) in [5.41, 5.74) is 1.14. The summed E-state index contributed by atoms with van der Waals surface area (Å²) in [5, 5.41) is 4.15. The first kappa shape index (κ1) is 11.9. The van der Waals surface area contributed by atoms with E-state index in [1.165, 1.54) is 5.56 Å². The highest BCUT2D eigenvalue weighted by atomic mass is 35.5. The summed E-state index contributed by atoms with van der Waals surface area (Å²) in [5.74, 6) is 0. The van der Waals surface area contributed by atoms with Crippen LogP contribution < -0.4 is 5.32 Å². The maximum absolute atomic E-state index is 6.01. The third kappa shape index (κ3) is 2.40. The molecule has 16 heavy (non-hydrogen) atoms. The summed E-state index contributed by atoms with van der Waals surface area (Å²) in [6.45, 7) is 4.84. The second kappa shape index (κ2) is 5.17. The Bertz CT molecular complexity index is 325. The number of rotatable bonds is 3. The third-order valence-electron chi connectivity index (χ3n) is 3.20. The molecule has 1 saturated heterocycles. The van der Waals surface area contributed by atoms with Gasteiger partial charge in [0.2, 0.25) is 0 Å². The summed E-state index contributed by atoms with van der Waals surface area (Å²) in [6.07, 6.45) is 2.06. The molecule has 2 nitrogen and oxygen atoms in total. The minimum atomic E-state index is -0.107. The van der Waals surface area contributed by atoms with Gasteiger partial charge in [-0.15, -0.1) is 0 Å². The number of piperidine rings is 1. The summed E-state index contributed by atoms with van der Waals surface area (Å²) in [7, 11) is 0. The van der Waals surface area contributed by atoms with E-state index < -0.39 is 0 Å². The fourth-order valence-electron chi connectivity index (χ4n) is 2.38. The first-order valence-corrected chi connectivity index (χ1v) is 6.25. The minimum absolute atomic E-state index is 0.107. The Morgan fingerprint density at radius 2 is 1.88 bits per heavy atom. The molecule has 1 fully saturated rings. The molecular weight excluding hydrogens is 222 g/mol. The van der Waals surface area contributed by atoms with Crippen LogP contribution >= 0.6 is 11.6 Å². The highest BCUT2D eigenvalue weighted by Crippen LogP contribution is 2.35. The normalized spacial score (nSPS) is 19.6. The van der Waals surface area contributed by atoms with Gasteiger partial charge in [0.05, 0.1) is 5.60 Å². The molecule has 0 aliphatic carbocycles. The molecule has 1 aliphatic rings. The number of hydrogen-bond acceptors (Lipinski definition) is 2. The van der Waals surface area contributed by atoms with Crippen molar-refractivity contribution >= 4 is 11.6 Å². The highest BCUT2D eigenvalue weighted by molar-refractivity contribution is 6.30. The van der Waals surface area contributed by atoms with Crippen molar-refractivity contribution in [2.75, 3.05) is 19.7 Å². The van der Waals surface area contributed by atoms with Crippen LogP contribution in [0.4, 0.5) is 0 Å². The van der Waals surface area contributed by atoms with Gasteiger partial charge in [0, 0.05) is 11.6 Å². The predicted molar refractivity (Wildman–Crippen MR) is 66.9 cm³/mol. The molecule has 0 saturated carbocycles. The van der Waals surface area contributed by atoms with Crippen molar-refractivity contribution in [2.45, 2.75) is 25.4 Å². The average molecular weight is 240 g/mol. The van der Waals surface area contributed by atoms with E-state index in [2.05, 4.69) is 24.4 Å². The van der Waals surface area contributed by atoms with Crippen LogP contribution in [-0.2, 0) is 10.3 Å². The van der Waals surface area contributed by atoms with E-state index in [1.54, 1.807) is 0 Å². The molecule has 0 radical (unpaired) electrons. The van der Waals surface area contributed by atoms with Crippen LogP contribution in [-0.4, -0.2) is 19.7 Å². The SMILES string of the molecule is CCOC1(c2ccc(Cl)cc2)CCNCC1. The molecule has 1 aromatic carbocycles. The van der Waals surface area contributed by atoms with E-state index in [-0.39, 0.29) is 5.60 Å². The Labute approximate surface area is 102 Å². The third-order valence-corrected chi connectivity index (χ3v) is 3.45. The molecule has 0 bridgehead atoms. The smallest absolute Gasteiger partial charge is 0.0955 e. The number of hydrogen-bond donors (Lipinski definition) is 1. The fraction of sp³-hybridized carbons (Fsp3) is 0.538. The van der Waals surface area contributed by atoms with Crippen molar-refractivity contribution in [3.63, 3.8) is 0 Å². The van der Waals surface area contributed by atoms with Gasteiger partial charge in [-0.05, 0) is 50.6 Å². The Kier molecular flexibility index (Phi) is 3.85. The second-order valence-corrected chi connectivity index (χ2v) is 4.62. The molecule has 1 N–H and O–H groups in total. The Morgan fingerprint density at radius 1 is 1.25 bits per heavy atom. The van der Waals surface area contributed by atoms with Crippen LogP contribution in [0, 0.1) is 0 Å². The second-order valence-electron chi connectivity index (χ2n) is 4.18. The molecule has 0 unspecified atom stereocenters. The van der Waals surface area contributed by atoms with E-state index >= 15 is 0 Å². The Morgan fingerprint density at radius 3 is 2.44 bits per heavy atom. The van der Waals surface area contributed by atoms with Crippen LogP contribution in [0.25, 0.3) is 0 Å². The molecule has 1 heterocycles. The van der Waals surface area contributed by atoms with Crippen LogP contribution in [0.15, 0.2) is 24.3 Å². The minimum Gasteiger partial charge on any atom is -0.370 e. The predicted octanol–water partition coefficient (Wildman–Crippen LogP) is 2.96. The zero-order valence-electron chi connectivity index (χ0n) is 9.63. The van der Waals surface area contributed by atoms with Gasteiger partial charge in [0.25, 0.3) is 0 Å². The largest absolute Gasteiger partial charge is 0.370 e. The molecule has 88 valence electrons. The van der Waals surface area contributed by atoms with E-state index in [4.69, 9.17) is 16.3 Å². The standard InChI is InChI=1S/C13H18ClNO/c1-2-16-13(7-9-15-10-8-13)11-3-5-12(14)6-4-11/h3-6,15H,2,7-10H2,1H3. The summed E-state index contributed by atoms with van der Waals surface area (Å²) in [6, 6.07) is 8.06. The fourth-order valence-corrected chi connectivity index (χ4v) is 2.50. The average Bonchev–Trinajstić information content (AvgIpc) is 2.31. The molecule has 1 aliphatic heterocycles. The quantitative estimate of drug-likeness (QED) is 0.876. The highest BCUT2D eigenvalue weighted by Gasteiger charge is 2.34. The summed E-state index contributed by atoms with van der Waals surface area (Å²) in [4.78, 5) is 0. The lowest BCUT2D eigenvalue weighted by Crippen LogP contribution is -2.41. The topological polar surface area (TPSA) is 21.3 Å². The number of halogens is 1. The summed E-state index contributed by atoms with van der Waals surface area (Å²) < 4.78 is 6.01. The van der Waals surface area contributed by atoms with Gasteiger partial charge in [-0.25, -0.2) is 0 Å². The lowest BCUT2D eigenvalue weighted by atomic mass is 9.85. The van der Waals surface area contributed by atoms with Crippen molar-refractivity contribution in [1.82, 2.24) is 5.32 Å². The number of benzene rings is 1. The molecular formula is C13H18ClNO. The van der Waals surface area contributed by atoms with Gasteiger partial charge in [0.15, 0.2) is 0 Å². The lowest BCUT2D eigenvalue weighted by molar-refractivity contribution is -0.0655. The lowest BCUT2D eigenvalue weighted by Gasteiger charge is -2.37. The van der Waals surface area contributed by atoms with Crippen LogP contribution in [0.3, 0.4) is 0 Å². The van der Waals surface area contributed by atoms with E-state index in [9.17, 15) is 0 Å². The molecule has 0 aromatic heterocycles. The number of ether oxygens (including phenoxy) is 1. The van der Waals surface area contributed by atoms with Crippen LogP contribution in [0.1, 0.15) is 25.3 Å². The van der Waals surface area contributed by atoms with Gasteiger partial charge in [-0.3, -0.25) is 0 Å². The van der Waals surface area contributed by atoms with Gasteiger partial charge >= 0.3 is 0 Å². The van der Waals surface area contributed by atoms with Crippen molar-refractivity contribution in [3.8, 4) is 0 Å². The van der Waals surface area contributed by atoms with Crippen LogP contribution in [0.2, 0.25) is 5.02 Å². The molecule has 2 rings (SSSR count). The number of nitrogens with one attached hydrogen (secondary N) is 1. The Balaban J connectivity index is 2.26. The van der Waals surface area contributed by atoms with Gasteiger partial charge in [0.1, 0.15) is 0 Å². The van der Waals surface area contributed by atoms with Gasteiger partial charge in [-0.1, -0.05) is 23.7 Å². The zero-order valence-corrected chi connectivity index (χ0v) is 10.4. The van der Waals surface area contributed by atoms with E-state index in [1.807, 2.05) is 12.1 Å². The first-order valence-electron chi connectivity index (χ1n) is 5.87. The molecule has 0 amide bonds. The first-order chi connectivity index (χ1) is 7.77. The van der Waals surface area contributed by atoms with Crippen molar-refractivity contribution in [1.29, 1.82) is 0 Å². The van der Waals surface area contributed by atoms with Crippen LogP contribution in [0.5, 0.6) is 0 Å². The summed E-state index contributed by atoms with van der Waals surface area (Å²) >= 11 is 5.92. The van der Waals surface area contributed by atoms with Crippen molar-refractivity contribution in [2.24, 2.45) is 0 Å². The van der Waals surface area contributed by atoms with E-state index in [0.717, 1.165) is 37.6 Å². The Hall–Kier alpha value is -0.570. The monoisotopic (exact) mass is 239 g/mol. The van der Waals surface area contributed by atoms with Crippen molar-refractivity contribution < 1.29 is 4.74 Å². The van der Waals surface area contributed by atoms with Gasteiger partial charge < -0.3 is 10.1 Å².